The van der Waals surface area contributed by atoms with E-state index in [2.05, 4.69) is 33.7 Å². The molecule has 38 heavy (non-hydrogen) atoms. The molecule has 8 heteroatoms. The van der Waals surface area contributed by atoms with Crippen molar-refractivity contribution in [2.75, 3.05) is 11.9 Å². The molecule has 3 N–H and O–H groups in total. The normalized spacial score (nSPS) is 21.3. The number of hydrogen-bond donors (Lipinski definition) is 3. The summed E-state index contributed by atoms with van der Waals surface area (Å²) in [6, 6.07) is 13.0. The van der Waals surface area contributed by atoms with E-state index in [1.54, 1.807) is 34.6 Å². The van der Waals surface area contributed by atoms with Crippen molar-refractivity contribution in [1.82, 2.24) is 14.9 Å². The molecule has 2 atom stereocenters. The quantitative estimate of drug-likeness (QED) is 0.302. The number of amides is 2. The first-order chi connectivity index (χ1) is 18.5. The summed E-state index contributed by atoms with van der Waals surface area (Å²) in [5.74, 6) is -0.216. The van der Waals surface area contributed by atoms with Crippen LogP contribution < -0.4 is 5.32 Å². The summed E-state index contributed by atoms with van der Waals surface area (Å²) in [5, 5.41) is 6.97. The number of carbonyl (C=O) groups is 3. The summed E-state index contributed by atoms with van der Waals surface area (Å²) in [7, 11) is 0. The number of anilines is 1. The second-order valence-corrected chi connectivity index (χ2v) is 11.3. The Labute approximate surface area is 221 Å². The Morgan fingerprint density at radius 2 is 1.92 bits per heavy atom. The predicted octanol–water partition coefficient (Wildman–Crippen LogP) is 5.30. The number of piperidine rings is 1. The first-order valence-electron chi connectivity index (χ1n) is 12.6. The number of rotatable bonds is 3. The van der Waals surface area contributed by atoms with Gasteiger partial charge in [0.1, 0.15) is 5.41 Å². The first kappa shape index (κ1) is 21.6. The van der Waals surface area contributed by atoms with Gasteiger partial charge in [0.15, 0.2) is 5.78 Å². The highest BCUT2D eigenvalue weighted by atomic mass is 32.1. The van der Waals surface area contributed by atoms with Crippen molar-refractivity contribution in [1.29, 1.82) is 0 Å². The average Bonchev–Trinajstić information content (AvgIpc) is 3.53. The molecule has 2 fully saturated rings. The summed E-state index contributed by atoms with van der Waals surface area (Å²) in [5.41, 5.74) is 5.94. The highest BCUT2D eigenvalue weighted by Crippen LogP contribution is 2.65. The maximum atomic E-state index is 13.7. The van der Waals surface area contributed by atoms with Gasteiger partial charge in [0, 0.05) is 63.5 Å². The third-order valence-electron chi connectivity index (χ3n) is 8.37. The van der Waals surface area contributed by atoms with Gasteiger partial charge in [-0.15, -0.1) is 11.3 Å². The van der Waals surface area contributed by atoms with Gasteiger partial charge >= 0.3 is 0 Å². The minimum Gasteiger partial charge on any atom is -0.361 e. The number of aromatic amines is 2. The zero-order valence-electron chi connectivity index (χ0n) is 20.4. The topological polar surface area (TPSA) is 98.1 Å². The van der Waals surface area contributed by atoms with E-state index in [9.17, 15) is 14.4 Å². The third kappa shape index (κ3) is 2.70. The van der Waals surface area contributed by atoms with E-state index in [4.69, 9.17) is 0 Å². The molecule has 2 amide bonds. The molecule has 1 saturated heterocycles. The molecule has 0 radical (unpaired) electrons. The second kappa shape index (κ2) is 7.33. The van der Waals surface area contributed by atoms with Crippen LogP contribution in [0.5, 0.6) is 0 Å². The lowest BCUT2D eigenvalue weighted by Crippen LogP contribution is -2.34. The first-order valence-corrected chi connectivity index (χ1v) is 13.5. The number of nitrogens with one attached hydrogen (secondary N) is 3. The molecule has 1 saturated carbocycles. The Balaban J connectivity index is 1.07. The van der Waals surface area contributed by atoms with E-state index >= 15 is 0 Å². The number of ketones is 1. The van der Waals surface area contributed by atoms with Crippen molar-refractivity contribution < 1.29 is 14.4 Å². The van der Waals surface area contributed by atoms with Crippen molar-refractivity contribution in [3.8, 4) is 0 Å². The Bertz CT molecular complexity index is 1910. The molecule has 3 aliphatic rings. The van der Waals surface area contributed by atoms with Crippen LogP contribution in [0.2, 0.25) is 0 Å². The fraction of sp³-hybridized carbons (Fsp3) is 0.167. The summed E-state index contributed by atoms with van der Waals surface area (Å²) in [6.45, 7) is 2.49. The van der Waals surface area contributed by atoms with Crippen LogP contribution in [0.3, 0.4) is 0 Å². The van der Waals surface area contributed by atoms with Crippen molar-refractivity contribution in [2.24, 2.45) is 5.92 Å². The van der Waals surface area contributed by atoms with E-state index in [1.165, 1.54) is 4.88 Å². The number of H-pyrrole nitrogens is 2. The van der Waals surface area contributed by atoms with Crippen LogP contribution in [0.1, 0.15) is 36.7 Å². The highest BCUT2D eigenvalue weighted by Gasteiger charge is 2.75. The summed E-state index contributed by atoms with van der Waals surface area (Å²) in [4.78, 5) is 49.0. The molecular formula is C30H22N4O3S. The zero-order valence-corrected chi connectivity index (χ0v) is 21.2. The monoisotopic (exact) mass is 518 g/mol. The molecule has 7 nitrogen and oxygen atoms in total. The molecule has 0 unspecified atom stereocenters. The number of carbonyl (C=O) groups excluding carboxylic acids is 3. The minimum absolute atomic E-state index is 0.103. The van der Waals surface area contributed by atoms with Gasteiger partial charge in [0.05, 0.1) is 11.6 Å². The fourth-order valence-corrected chi connectivity index (χ4v) is 7.60. The molecule has 1 aliphatic heterocycles. The van der Waals surface area contributed by atoms with Crippen LogP contribution in [0.4, 0.5) is 5.69 Å². The van der Waals surface area contributed by atoms with Gasteiger partial charge in [-0.3, -0.25) is 14.4 Å². The van der Waals surface area contributed by atoms with Crippen molar-refractivity contribution >= 4 is 56.4 Å². The van der Waals surface area contributed by atoms with Gasteiger partial charge in [-0.2, -0.15) is 0 Å². The Kier molecular flexibility index (Phi) is 4.17. The molecule has 1 spiro atoms. The molecule has 5 aromatic rings. The second-order valence-electron chi connectivity index (χ2n) is 10.3. The lowest BCUT2D eigenvalue weighted by Gasteiger charge is -2.28. The number of hydrogen-bond acceptors (Lipinski definition) is 4. The number of likely N-dealkylation sites (tertiary alicyclic amines) is 1. The summed E-state index contributed by atoms with van der Waals surface area (Å²) in [6.07, 6.45) is 6.42. The Hall–Kier alpha value is -4.43. The molecule has 4 heterocycles. The van der Waals surface area contributed by atoms with E-state index in [0.29, 0.717) is 23.4 Å². The van der Waals surface area contributed by atoms with E-state index in [0.717, 1.165) is 45.1 Å². The summed E-state index contributed by atoms with van der Waals surface area (Å²) < 4.78 is 0. The Morgan fingerprint density at radius 1 is 1.08 bits per heavy atom. The molecular weight excluding hydrogens is 496 g/mol. The van der Waals surface area contributed by atoms with Crippen LogP contribution in [0, 0.1) is 12.8 Å². The lowest BCUT2D eigenvalue weighted by molar-refractivity contribution is -0.112. The standard InChI is InChI=1S/C30H22N4O3S/c1-15-14-38-24-6-7-25-30(26(15)24)20(27(30)35)13-34(25)29(37)18-4-5-19-22(11-18)32-12-23(19)33-28(36)17-3-2-16-8-9-31-21(16)10-17/h2-5,7-12,14,20,31-32H,6,13H2,1H3,(H,33,36)/t20-,30-/m0/s1. The number of thiophene rings is 1. The fourth-order valence-electron chi connectivity index (χ4n) is 6.54. The van der Waals surface area contributed by atoms with E-state index < -0.39 is 5.41 Å². The van der Waals surface area contributed by atoms with Gasteiger partial charge < -0.3 is 20.2 Å². The van der Waals surface area contributed by atoms with Crippen LogP contribution in [0.25, 0.3) is 21.8 Å². The minimum atomic E-state index is -0.621. The Morgan fingerprint density at radius 3 is 2.82 bits per heavy atom. The molecule has 2 aliphatic carbocycles. The van der Waals surface area contributed by atoms with E-state index in [1.807, 2.05) is 36.5 Å². The number of aryl methyl sites for hydroxylation is 1. The van der Waals surface area contributed by atoms with Gasteiger partial charge in [0.2, 0.25) is 0 Å². The lowest BCUT2D eigenvalue weighted by atomic mass is 9.84. The van der Waals surface area contributed by atoms with Gasteiger partial charge in [-0.25, -0.2) is 0 Å². The SMILES string of the molecule is Cc1csc2c1[C@]13C(=O)[C@@H]1CN(C(=O)c1ccc4c(NC(=O)c5ccc6cc[nH]c6c5)c[nH]c4c1)C3=CC2. The van der Waals surface area contributed by atoms with Crippen molar-refractivity contribution in [3.63, 3.8) is 0 Å². The molecule has 8 rings (SSSR count). The number of fused-ring (bicyclic) bond motifs is 3. The van der Waals surface area contributed by atoms with E-state index in [-0.39, 0.29) is 23.5 Å². The number of aromatic nitrogens is 2. The maximum Gasteiger partial charge on any atom is 0.258 e. The van der Waals surface area contributed by atoms with Gasteiger partial charge in [-0.1, -0.05) is 12.1 Å². The van der Waals surface area contributed by atoms with Gasteiger partial charge in [-0.05, 0) is 65.2 Å². The average molecular weight is 519 g/mol. The number of Topliss-reactive ketones (excluding diaryl/α,β-unsaturated/α-hetero) is 1. The molecule has 2 aromatic carbocycles. The number of benzene rings is 2. The molecule has 186 valence electrons. The van der Waals surface area contributed by atoms with Crippen molar-refractivity contribution in [3.05, 3.63) is 99.1 Å². The third-order valence-corrected chi connectivity index (χ3v) is 9.50. The van der Waals surface area contributed by atoms with Crippen LogP contribution in [-0.4, -0.2) is 39.0 Å². The zero-order chi connectivity index (χ0) is 25.8. The summed E-state index contributed by atoms with van der Waals surface area (Å²) >= 11 is 1.71. The molecule has 3 aromatic heterocycles. The van der Waals surface area contributed by atoms with Crippen LogP contribution in [0.15, 0.2) is 72.0 Å². The van der Waals surface area contributed by atoms with Crippen LogP contribution in [-0.2, 0) is 16.6 Å². The smallest absolute Gasteiger partial charge is 0.258 e. The van der Waals surface area contributed by atoms with Crippen LogP contribution >= 0.6 is 11.3 Å². The van der Waals surface area contributed by atoms with Gasteiger partial charge in [0.25, 0.3) is 11.8 Å². The van der Waals surface area contributed by atoms with Crippen molar-refractivity contribution in [2.45, 2.75) is 18.8 Å². The predicted molar refractivity (Wildman–Crippen MR) is 147 cm³/mol. The number of nitrogens with zero attached hydrogens (tertiary/aromatic N) is 1. The largest absolute Gasteiger partial charge is 0.361 e. The number of allylic oxidation sites excluding steroid dienone is 2. The highest BCUT2D eigenvalue weighted by molar-refractivity contribution is 7.10. The maximum absolute atomic E-state index is 13.7. The molecule has 0 bridgehead atoms.